The van der Waals surface area contributed by atoms with Crippen LogP contribution in [0.25, 0.3) is 0 Å². The van der Waals surface area contributed by atoms with Gasteiger partial charge in [-0.3, -0.25) is 9.59 Å². The maximum absolute atomic E-state index is 12.2. The second-order valence-corrected chi connectivity index (χ2v) is 8.55. The third-order valence-corrected chi connectivity index (χ3v) is 4.95. The third-order valence-electron chi connectivity index (χ3n) is 3.18. The topological polar surface area (TPSA) is 143 Å². The number of benzene rings is 1. The van der Waals surface area contributed by atoms with Crippen molar-refractivity contribution < 1.29 is 23.1 Å². The molecular weight excluding hydrogens is 374 g/mol. The van der Waals surface area contributed by atoms with E-state index in [-0.39, 0.29) is 23.5 Å². The van der Waals surface area contributed by atoms with Crippen molar-refractivity contribution in [3.8, 4) is 0 Å². The van der Waals surface area contributed by atoms with E-state index in [4.69, 9.17) is 5.11 Å². The molecule has 3 N–H and O–H groups in total. The van der Waals surface area contributed by atoms with E-state index in [0.717, 1.165) is 4.68 Å². The highest BCUT2D eigenvalue weighted by Crippen LogP contribution is 2.14. The van der Waals surface area contributed by atoms with E-state index in [1.54, 1.807) is 20.8 Å². The number of sulfonamides is 1. The van der Waals surface area contributed by atoms with Crippen molar-refractivity contribution in [3.05, 3.63) is 41.7 Å². The van der Waals surface area contributed by atoms with Crippen molar-refractivity contribution in [1.29, 1.82) is 0 Å². The van der Waals surface area contributed by atoms with Crippen molar-refractivity contribution in [2.24, 2.45) is 0 Å². The SMILES string of the molecule is CC(C)(C)NS(=O)(=O)c1ccc(C(=O)NCc2cn(CC(=O)O)nn2)cc1. The summed E-state index contributed by atoms with van der Waals surface area (Å²) in [5.74, 6) is -1.47. The number of hydrogen-bond acceptors (Lipinski definition) is 6. The number of carbonyl (C=O) groups is 2. The van der Waals surface area contributed by atoms with Gasteiger partial charge < -0.3 is 10.4 Å². The summed E-state index contributed by atoms with van der Waals surface area (Å²) in [7, 11) is -3.67. The second kappa shape index (κ2) is 7.84. The summed E-state index contributed by atoms with van der Waals surface area (Å²) in [5, 5.41) is 18.7. The molecule has 0 fully saturated rings. The summed E-state index contributed by atoms with van der Waals surface area (Å²) in [4.78, 5) is 22.8. The van der Waals surface area contributed by atoms with Crippen LogP contribution in [0.15, 0.2) is 35.4 Å². The van der Waals surface area contributed by atoms with Crippen LogP contribution < -0.4 is 10.0 Å². The molecule has 1 amide bonds. The van der Waals surface area contributed by atoms with E-state index in [9.17, 15) is 18.0 Å². The highest BCUT2D eigenvalue weighted by Gasteiger charge is 2.22. The molecule has 2 aromatic rings. The molecule has 1 heterocycles. The van der Waals surface area contributed by atoms with Gasteiger partial charge in [0.15, 0.2) is 0 Å². The largest absolute Gasteiger partial charge is 0.480 e. The smallest absolute Gasteiger partial charge is 0.325 e. The van der Waals surface area contributed by atoms with Gasteiger partial charge in [0.2, 0.25) is 10.0 Å². The monoisotopic (exact) mass is 395 g/mol. The van der Waals surface area contributed by atoms with Gasteiger partial charge in [-0.15, -0.1) is 5.10 Å². The zero-order valence-corrected chi connectivity index (χ0v) is 15.9. The summed E-state index contributed by atoms with van der Waals surface area (Å²) in [6.07, 6.45) is 1.42. The zero-order chi connectivity index (χ0) is 20.2. The lowest BCUT2D eigenvalue weighted by Crippen LogP contribution is -2.40. The minimum Gasteiger partial charge on any atom is -0.480 e. The van der Waals surface area contributed by atoms with Crippen molar-refractivity contribution in [1.82, 2.24) is 25.0 Å². The van der Waals surface area contributed by atoms with Gasteiger partial charge in [0.1, 0.15) is 12.2 Å². The second-order valence-electron chi connectivity index (χ2n) is 6.86. The lowest BCUT2D eigenvalue weighted by atomic mass is 10.1. The maximum atomic E-state index is 12.2. The Kier molecular flexibility index (Phi) is 5.96. The molecule has 0 radical (unpaired) electrons. The molecule has 0 aliphatic heterocycles. The molecule has 0 aliphatic rings. The van der Waals surface area contributed by atoms with E-state index in [1.165, 1.54) is 30.5 Å². The lowest BCUT2D eigenvalue weighted by Gasteiger charge is -2.20. The summed E-state index contributed by atoms with van der Waals surface area (Å²) in [6.45, 7) is 4.95. The van der Waals surface area contributed by atoms with Crippen LogP contribution in [0, 0.1) is 0 Å². The zero-order valence-electron chi connectivity index (χ0n) is 15.1. The molecule has 0 bridgehead atoms. The van der Waals surface area contributed by atoms with Crippen LogP contribution in [0.1, 0.15) is 36.8 Å². The van der Waals surface area contributed by atoms with Crippen LogP contribution in [0.3, 0.4) is 0 Å². The first-order valence-corrected chi connectivity index (χ1v) is 9.48. The Bertz CT molecular complexity index is 929. The molecule has 0 saturated carbocycles. The molecule has 27 heavy (non-hydrogen) atoms. The number of rotatable bonds is 7. The minimum atomic E-state index is -3.67. The van der Waals surface area contributed by atoms with Crippen molar-refractivity contribution >= 4 is 21.9 Å². The van der Waals surface area contributed by atoms with Gasteiger partial charge >= 0.3 is 5.97 Å². The summed E-state index contributed by atoms with van der Waals surface area (Å²) < 4.78 is 28.2. The fourth-order valence-electron chi connectivity index (χ4n) is 2.16. The van der Waals surface area contributed by atoms with Gasteiger partial charge in [0, 0.05) is 11.1 Å². The van der Waals surface area contributed by atoms with Gasteiger partial charge in [0.05, 0.1) is 17.6 Å². The first-order valence-electron chi connectivity index (χ1n) is 7.99. The molecule has 1 aromatic carbocycles. The first kappa shape index (κ1) is 20.5. The fourth-order valence-corrected chi connectivity index (χ4v) is 3.57. The van der Waals surface area contributed by atoms with Gasteiger partial charge in [-0.05, 0) is 45.0 Å². The van der Waals surface area contributed by atoms with E-state index < -0.39 is 27.4 Å². The Morgan fingerprint density at radius 3 is 2.37 bits per heavy atom. The summed E-state index contributed by atoms with van der Waals surface area (Å²) in [5.41, 5.74) is 0.0632. The molecule has 0 saturated heterocycles. The first-order chi connectivity index (χ1) is 12.5. The number of aliphatic carboxylic acids is 1. The molecule has 10 nitrogen and oxygen atoms in total. The fraction of sp³-hybridized carbons (Fsp3) is 0.375. The standard InChI is InChI=1S/C16H21N5O5S/c1-16(2,3)19-27(25,26)13-6-4-11(5-7-13)15(24)17-8-12-9-21(20-18-12)10-14(22)23/h4-7,9,19H,8,10H2,1-3H3,(H,17,24)(H,22,23). The number of amides is 1. The predicted octanol–water partition coefficient (Wildman–Crippen LogP) is 0.370. The Morgan fingerprint density at radius 2 is 1.81 bits per heavy atom. The van der Waals surface area contributed by atoms with Crippen LogP contribution in [0.4, 0.5) is 0 Å². The van der Waals surface area contributed by atoms with Crippen molar-refractivity contribution in [3.63, 3.8) is 0 Å². The molecule has 2 rings (SSSR count). The summed E-state index contributed by atoms with van der Waals surface area (Å²) in [6, 6.07) is 5.53. The molecular formula is C16H21N5O5S. The van der Waals surface area contributed by atoms with Crippen LogP contribution in [-0.2, 0) is 27.9 Å². The van der Waals surface area contributed by atoms with E-state index in [2.05, 4.69) is 20.4 Å². The van der Waals surface area contributed by atoms with Gasteiger partial charge in [0.25, 0.3) is 5.91 Å². The van der Waals surface area contributed by atoms with E-state index in [0.29, 0.717) is 5.69 Å². The average molecular weight is 395 g/mol. The molecule has 0 spiro atoms. The number of carbonyl (C=O) groups excluding carboxylic acids is 1. The molecule has 11 heteroatoms. The van der Waals surface area contributed by atoms with Crippen LogP contribution in [0.5, 0.6) is 0 Å². The number of nitrogens with zero attached hydrogens (tertiary/aromatic N) is 3. The Balaban J connectivity index is 1.99. The van der Waals surface area contributed by atoms with E-state index in [1.807, 2.05) is 0 Å². The van der Waals surface area contributed by atoms with E-state index >= 15 is 0 Å². The maximum Gasteiger partial charge on any atom is 0.325 e. The number of nitrogens with one attached hydrogen (secondary N) is 2. The Hall–Kier alpha value is -2.79. The van der Waals surface area contributed by atoms with Gasteiger partial charge in [-0.1, -0.05) is 5.21 Å². The number of carboxylic acids is 1. The van der Waals surface area contributed by atoms with Gasteiger partial charge in [-0.25, -0.2) is 17.8 Å². The average Bonchev–Trinajstić information content (AvgIpc) is 2.97. The van der Waals surface area contributed by atoms with Crippen LogP contribution in [-0.4, -0.2) is 45.9 Å². The number of carboxylic acid groups (broad SMARTS) is 1. The third kappa shape index (κ3) is 6.15. The quantitative estimate of drug-likeness (QED) is 0.614. The normalized spacial score (nSPS) is 12.0. The Labute approximate surface area is 156 Å². The van der Waals surface area contributed by atoms with Crippen molar-refractivity contribution in [2.45, 2.75) is 44.3 Å². The molecule has 0 atom stereocenters. The molecule has 1 aromatic heterocycles. The Morgan fingerprint density at radius 1 is 1.19 bits per heavy atom. The number of aromatic nitrogens is 3. The molecule has 0 unspecified atom stereocenters. The number of hydrogen-bond donors (Lipinski definition) is 3. The molecule has 146 valence electrons. The van der Waals surface area contributed by atoms with Crippen LogP contribution >= 0.6 is 0 Å². The highest BCUT2D eigenvalue weighted by molar-refractivity contribution is 7.89. The minimum absolute atomic E-state index is 0.0596. The van der Waals surface area contributed by atoms with Crippen molar-refractivity contribution in [2.75, 3.05) is 0 Å². The van der Waals surface area contributed by atoms with Gasteiger partial charge in [-0.2, -0.15) is 0 Å². The molecule has 0 aliphatic carbocycles. The summed E-state index contributed by atoms with van der Waals surface area (Å²) >= 11 is 0. The van der Waals surface area contributed by atoms with Crippen LogP contribution in [0.2, 0.25) is 0 Å². The highest BCUT2D eigenvalue weighted by atomic mass is 32.2. The lowest BCUT2D eigenvalue weighted by molar-refractivity contribution is -0.137. The predicted molar refractivity (Wildman–Crippen MR) is 95.3 cm³/mol.